The lowest BCUT2D eigenvalue weighted by atomic mass is 10.1. The van der Waals surface area contributed by atoms with Crippen molar-refractivity contribution in [3.05, 3.63) is 35.1 Å². The van der Waals surface area contributed by atoms with Gasteiger partial charge in [0, 0.05) is 26.2 Å². The van der Waals surface area contributed by atoms with E-state index in [2.05, 4.69) is 11.8 Å². The Bertz CT molecular complexity index is 397. The normalized spacial score (nSPS) is 21.2. The van der Waals surface area contributed by atoms with Gasteiger partial charge < -0.3 is 10.5 Å². The molecule has 0 aliphatic carbocycles. The SMILES string of the molecule is CCC1CN(Cc2cc(F)cc(CN)c2)CCO1. The predicted octanol–water partition coefficient (Wildman–Crippen LogP) is 1.90. The van der Waals surface area contributed by atoms with Gasteiger partial charge in [0.15, 0.2) is 0 Å². The van der Waals surface area contributed by atoms with Crippen molar-refractivity contribution in [2.24, 2.45) is 5.73 Å². The first-order chi connectivity index (χ1) is 8.71. The molecule has 1 aliphatic rings. The Kier molecular flexibility index (Phi) is 4.69. The number of ether oxygens (including phenoxy) is 1. The zero-order valence-electron chi connectivity index (χ0n) is 10.9. The van der Waals surface area contributed by atoms with Crippen molar-refractivity contribution in [2.75, 3.05) is 19.7 Å². The molecule has 1 aromatic carbocycles. The molecule has 0 radical (unpaired) electrons. The summed E-state index contributed by atoms with van der Waals surface area (Å²) in [5.41, 5.74) is 7.41. The third kappa shape index (κ3) is 3.51. The second-order valence-corrected chi connectivity index (χ2v) is 4.81. The van der Waals surface area contributed by atoms with Gasteiger partial charge in [-0.15, -0.1) is 0 Å². The molecule has 1 heterocycles. The van der Waals surface area contributed by atoms with Gasteiger partial charge in [0.05, 0.1) is 12.7 Å². The summed E-state index contributed by atoms with van der Waals surface area (Å²) in [7, 11) is 0. The van der Waals surface area contributed by atoms with E-state index in [4.69, 9.17) is 10.5 Å². The monoisotopic (exact) mass is 252 g/mol. The Balaban J connectivity index is 2.02. The summed E-state index contributed by atoms with van der Waals surface area (Å²) in [6.45, 7) is 5.87. The number of hydrogen-bond donors (Lipinski definition) is 1. The maximum absolute atomic E-state index is 13.4. The molecular formula is C14H21FN2O. The van der Waals surface area contributed by atoms with E-state index in [0.717, 1.165) is 43.8 Å². The number of nitrogens with zero attached hydrogens (tertiary/aromatic N) is 1. The lowest BCUT2D eigenvalue weighted by Gasteiger charge is -2.32. The van der Waals surface area contributed by atoms with Gasteiger partial charge in [0.1, 0.15) is 5.82 Å². The average Bonchev–Trinajstić information content (AvgIpc) is 2.38. The van der Waals surface area contributed by atoms with Gasteiger partial charge in [-0.3, -0.25) is 4.90 Å². The standard InChI is InChI=1S/C14H21FN2O/c1-2-14-10-17(3-4-18-14)9-12-5-11(8-16)6-13(15)7-12/h5-7,14H,2-4,8-10,16H2,1H3. The highest BCUT2D eigenvalue weighted by atomic mass is 19.1. The van der Waals surface area contributed by atoms with Crippen molar-refractivity contribution in [2.45, 2.75) is 32.5 Å². The first kappa shape index (κ1) is 13.5. The van der Waals surface area contributed by atoms with Crippen LogP contribution in [0.3, 0.4) is 0 Å². The number of rotatable bonds is 4. The molecule has 2 N–H and O–H groups in total. The van der Waals surface area contributed by atoms with E-state index in [9.17, 15) is 4.39 Å². The van der Waals surface area contributed by atoms with Crippen molar-refractivity contribution in [3.8, 4) is 0 Å². The van der Waals surface area contributed by atoms with Crippen LogP contribution >= 0.6 is 0 Å². The molecule has 1 atom stereocenters. The molecule has 100 valence electrons. The third-order valence-electron chi connectivity index (χ3n) is 3.34. The molecule has 1 aliphatic heterocycles. The van der Waals surface area contributed by atoms with Crippen molar-refractivity contribution in [3.63, 3.8) is 0 Å². The Morgan fingerprint density at radius 1 is 1.39 bits per heavy atom. The van der Waals surface area contributed by atoms with Gasteiger partial charge in [0.2, 0.25) is 0 Å². The molecule has 4 heteroatoms. The minimum atomic E-state index is -0.201. The smallest absolute Gasteiger partial charge is 0.123 e. The topological polar surface area (TPSA) is 38.5 Å². The number of hydrogen-bond acceptors (Lipinski definition) is 3. The molecule has 1 fully saturated rings. The second-order valence-electron chi connectivity index (χ2n) is 4.81. The van der Waals surface area contributed by atoms with E-state index in [-0.39, 0.29) is 5.82 Å². The van der Waals surface area contributed by atoms with Crippen molar-refractivity contribution < 1.29 is 9.13 Å². The summed E-state index contributed by atoms with van der Waals surface area (Å²) in [4.78, 5) is 2.31. The largest absolute Gasteiger partial charge is 0.376 e. The Labute approximate surface area is 108 Å². The van der Waals surface area contributed by atoms with Gasteiger partial charge in [0.25, 0.3) is 0 Å². The first-order valence-corrected chi connectivity index (χ1v) is 6.53. The lowest BCUT2D eigenvalue weighted by Crippen LogP contribution is -2.41. The van der Waals surface area contributed by atoms with Gasteiger partial charge in [-0.25, -0.2) is 4.39 Å². The van der Waals surface area contributed by atoms with Crippen LogP contribution in [0.1, 0.15) is 24.5 Å². The average molecular weight is 252 g/mol. The van der Waals surface area contributed by atoms with Crippen LogP contribution in [0.2, 0.25) is 0 Å². The molecule has 0 amide bonds. The van der Waals surface area contributed by atoms with Crippen LogP contribution in [0.4, 0.5) is 4.39 Å². The highest BCUT2D eigenvalue weighted by molar-refractivity contribution is 5.24. The first-order valence-electron chi connectivity index (χ1n) is 6.53. The molecule has 1 aromatic rings. The van der Waals surface area contributed by atoms with Crippen LogP contribution in [0.5, 0.6) is 0 Å². The van der Waals surface area contributed by atoms with E-state index >= 15 is 0 Å². The number of halogens is 1. The molecule has 18 heavy (non-hydrogen) atoms. The zero-order chi connectivity index (χ0) is 13.0. The summed E-state index contributed by atoms with van der Waals surface area (Å²) in [6, 6.07) is 5.08. The van der Waals surface area contributed by atoms with Crippen molar-refractivity contribution in [1.82, 2.24) is 4.90 Å². The Hall–Kier alpha value is -0.970. The quantitative estimate of drug-likeness (QED) is 0.889. The molecule has 0 bridgehead atoms. The van der Waals surface area contributed by atoms with Crippen LogP contribution < -0.4 is 5.73 Å². The van der Waals surface area contributed by atoms with Gasteiger partial charge in [-0.05, 0) is 29.7 Å². The summed E-state index contributed by atoms with van der Waals surface area (Å²) in [5, 5.41) is 0. The number of nitrogens with two attached hydrogens (primary N) is 1. The van der Waals surface area contributed by atoms with Gasteiger partial charge in [-0.2, -0.15) is 0 Å². The highest BCUT2D eigenvalue weighted by Crippen LogP contribution is 2.15. The maximum Gasteiger partial charge on any atom is 0.123 e. The predicted molar refractivity (Wildman–Crippen MR) is 69.6 cm³/mol. The van der Waals surface area contributed by atoms with Gasteiger partial charge in [-0.1, -0.05) is 13.0 Å². The second kappa shape index (κ2) is 6.27. The van der Waals surface area contributed by atoms with E-state index in [1.807, 2.05) is 6.07 Å². The van der Waals surface area contributed by atoms with Crippen LogP contribution in [0, 0.1) is 5.82 Å². The van der Waals surface area contributed by atoms with E-state index in [1.165, 1.54) is 6.07 Å². The van der Waals surface area contributed by atoms with Crippen LogP contribution in [-0.4, -0.2) is 30.7 Å². The number of morpholine rings is 1. The van der Waals surface area contributed by atoms with Crippen LogP contribution in [0.15, 0.2) is 18.2 Å². The van der Waals surface area contributed by atoms with E-state index in [1.54, 1.807) is 6.07 Å². The number of benzene rings is 1. The summed E-state index contributed by atoms with van der Waals surface area (Å²) >= 11 is 0. The molecular weight excluding hydrogens is 231 g/mol. The Morgan fingerprint density at radius 2 is 2.17 bits per heavy atom. The van der Waals surface area contributed by atoms with Crippen molar-refractivity contribution >= 4 is 0 Å². The van der Waals surface area contributed by atoms with Gasteiger partial charge >= 0.3 is 0 Å². The minimum Gasteiger partial charge on any atom is -0.376 e. The van der Waals surface area contributed by atoms with Crippen LogP contribution in [0.25, 0.3) is 0 Å². The molecule has 0 saturated carbocycles. The molecule has 0 aromatic heterocycles. The van der Waals surface area contributed by atoms with Crippen molar-refractivity contribution in [1.29, 1.82) is 0 Å². The minimum absolute atomic E-state index is 0.201. The highest BCUT2D eigenvalue weighted by Gasteiger charge is 2.19. The molecule has 3 nitrogen and oxygen atoms in total. The maximum atomic E-state index is 13.4. The van der Waals surface area contributed by atoms with E-state index in [0.29, 0.717) is 12.6 Å². The van der Waals surface area contributed by atoms with Crippen LogP contribution in [-0.2, 0) is 17.8 Å². The molecule has 1 saturated heterocycles. The lowest BCUT2D eigenvalue weighted by molar-refractivity contribution is -0.0324. The molecule has 0 spiro atoms. The fourth-order valence-corrected chi connectivity index (χ4v) is 2.36. The molecule has 1 unspecified atom stereocenters. The summed E-state index contributed by atoms with van der Waals surface area (Å²) in [6.07, 6.45) is 1.33. The van der Waals surface area contributed by atoms with E-state index < -0.39 is 0 Å². The molecule has 2 rings (SSSR count). The summed E-state index contributed by atoms with van der Waals surface area (Å²) in [5.74, 6) is -0.201. The third-order valence-corrected chi connectivity index (χ3v) is 3.34. The fourth-order valence-electron chi connectivity index (χ4n) is 2.36. The Morgan fingerprint density at radius 3 is 2.89 bits per heavy atom. The zero-order valence-corrected chi connectivity index (χ0v) is 10.9. The fraction of sp³-hybridized carbons (Fsp3) is 0.571. The summed E-state index contributed by atoms with van der Waals surface area (Å²) < 4.78 is 19.0.